The monoisotopic (exact) mass is 374 g/mol. The highest BCUT2D eigenvalue weighted by atomic mass is 32.2. The summed E-state index contributed by atoms with van der Waals surface area (Å²) in [4.78, 5) is 21.5. The molecule has 1 heterocycles. The Bertz CT molecular complexity index is 922. The molecule has 0 aliphatic heterocycles. The van der Waals surface area contributed by atoms with E-state index in [1.807, 2.05) is 0 Å². The molecule has 26 heavy (non-hydrogen) atoms. The van der Waals surface area contributed by atoms with Crippen molar-refractivity contribution >= 4 is 27.4 Å². The van der Waals surface area contributed by atoms with Crippen LogP contribution < -0.4 is 10.6 Å². The van der Waals surface area contributed by atoms with E-state index in [0.717, 1.165) is 31.9 Å². The molecule has 1 amide bonds. The van der Waals surface area contributed by atoms with Crippen molar-refractivity contribution in [2.75, 3.05) is 18.6 Å². The molecule has 0 atom stereocenters. The van der Waals surface area contributed by atoms with Gasteiger partial charge in [0.05, 0.1) is 16.0 Å². The second kappa shape index (κ2) is 7.03. The number of aromatic nitrogens is 2. The third kappa shape index (κ3) is 3.55. The van der Waals surface area contributed by atoms with Gasteiger partial charge in [0.2, 0.25) is 11.9 Å². The average molecular weight is 374 g/mol. The van der Waals surface area contributed by atoms with Gasteiger partial charge in [0, 0.05) is 25.2 Å². The van der Waals surface area contributed by atoms with E-state index in [9.17, 15) is 13.2 Å². The lowest BCUT2D eigenvalue weighted by molar-refractivity contribution is -0.126. The molecule has 0 unspecified atom stereocenters. The van der Waals surface area contributed by atoms with Crippen LogP contribution in [0.5, 0.6) is 0 Å². The van der Waals surface area contributed by atoms with E-state index in [1.165, 1.54) is 12.1 Å². The zero-order chi connectivity index (χ0) is 18.8. The normalized spacial score (nSPS) is 16.2. The van der Waals surface area contributed by atoms with Crippen molar-refractivity contribution in [2.24, 2.45) is 0 Å². The third-order valence-electron chi connectivity index (χ3n) is 4.78. The van der Waals surface area contributed by atoms with E-state index in [1.54, 1.807) is 31.4 Å². The molecule has 0 radical (unpaired) electrons. The van der Waals surface area contributed by atoms with Gasteiger partial charge in [0.25, 0.3) is 0 Å². The first-order valence-corrected chi connectivity index (χ1v) is 10.4. The predicted octanol–water partition coefficient (Wildman–Crippen LogP) is 2.18. The van der Waals surface area contributed by atoms with Crippen LogP contribution in [0.1, 0.15) is 31.4 Å². The van der Waals surface area contributed by atoms with E-state index >= 15 is 0 Å². The number of sulfone groups is 1. The number of nitrogens with one attached hydrogen (secondary N) is 2. The number of nitrogens with zero attached hydrogens (tertiary/aromatic N) is 2. The number of amides is 1. The van der Waals surface area contributed by atoms with E-state index in [0.29, 0.717) is 17.3 Å². The highest BCUT2D eigenvalue weighted by Gasteiger charge is 2.43. The van der Waals surface area contributed by atoms with Gasteiger partial charge >= 0.3 is 0 Å². The number of rotatable bonds is 5. The zero-order valence-corrected chi connectivity index (χ0v) is 15.6. The molecule has 2 N–H and O–H groups in total. The summed E-state index contributed by atoms with van der Waals surface area (Å²) in [6.45, 7) is 0. The maximum absolute atomic E-state index is 12.5. The van der Waals surface area contributed by atoms with E-state index in [2.05, 4.69) is 20.6 Å². The van der Waals surface area contributed by atoms with E-state index in [4.69, 9.17) is 0 Å². The topological polar surface area (TPSA) is 101 Å². The molecule has 1 saturated carbocycles. The Morgan fingerprint density at radius 3 is 2.58 bits per heavy atom. The summed E-state index contributed by atoms with van der Waals surface area (Å²) in [7, 11) is -1.66. The zero-order valence-electron chi connectivity index (χ0n) is 14.8. The summed E-state index contributed by atoms with van der Waals surface area (Å²) in [6.07, 6.45) is 6.26. The largest absolute Gasteiger partial charge is 0.358 e. The molecule has 1 aliphatic carbocycles. The average Bonchev–Trinajstić information content (AvgIpc) is 3.12. The minimum atomic E-state index is -3.30. The lowest BCUT2D eigenvalue weighted by Crippen LogP contribution is -2.41. The minimum Gasteiger partial charge on any atom is -0.358 e. The number of carbonyl (C=O) groups is 1. The van der Waals surface area contributed by atoms with Crippen LogP contribution in [-0.4, -0.2) is 37.6 Å². The molecule has 0 saturated heterocycles. The van der Waals surface area contributed by atoms with Crippen LogP contribution in [0.4, 0.5) is 11.6 Å². The van der Waals surface area contributed by atoms with Crippen molar-refractivity contribution in [1.82, 2.24) is 15.3 Å². The fourth-order valence-corrected chi connectivity index (χ4v) is 4.10. The predicted molar refractivity (Wildman–Crippen MR) is 99.1 cm³/mol. The fourth-order valence-electron chi connectivity index (χ4n) is 3.44. The molecule has 3 rings (SSSR count). The Labute approximate surface area is 153 Å². The summed E-state index contributed by atoms with van der Waals surface area (Å²) in [6, 6.07) is 8.26. The van der Waals surface area contributed by atoms with Crippen molar-refractivity contribution in [2.45, 2.75) is 36.0 Å². The van der Waals surface area contributed by atoms with E-state index in [-0.39, 0.29) is 10.8 Å². The number of hydrogen-bond acceptors (Lipinski definition) is 6. The van der Waals surface area contributed by atoms with Gasteiger partial charge in [0.1, 0.15) is 0 Å². The lowest BCUT2D eigenvalue weighted by atomic mass is 9.81. The molecule has 2 aromatic rings. The molecule has 0 spiro atoms. The van der Waals surface area contributed by atoms with Gasteiger partial charge in [-0.05, 0) is 37.1 Å². The Kier molecular flexibility index (Phi) is 4.95. The van der Waals surface area contributed by atoms with Crippen molar-refractivity contribution in [3.05, 3.63) is 42.2 Å². The molecule has 7 nitrogen and oxygen atoms in total. The van der Waals surface area contributed by atoms with Gasteiger partial charge in [-0.25, -0.2) is 18.4 Å². The lowest BCUT2D eigenvalue weighted by Gasteiger charge is -2.26. The highest BCUT2D eigenvalue weighted by Crippen LogP contribution is 2.40. The Hall–Kier alpha value is -2.48. The second-order valence-corrected chi connectivity index (χ2v) is 8.57. The van der Waals surface area contributed by atoms with Crippen LogP contribution in [0.25, 0.3) is 0 Å². The molecular weight excluding hydrogens is 352 g/mol. The van der Waals surface area contributed by atoms with Crippen LogP contribution >= 0.6 is 0 Å². The molecule has 1 aromatic carbocycles. The number of hydrogen-bond donors (Lipinski definition) is 2. The van der Waals surface area contributed by atoms with Crippen LogP contribution in [0.15, 0.2) is 41.4 Å². The first-order valence-electron chi connectivity index (χ1n) is 8.48. The van der Waals surface area contributed by atoms with Gasteiger partial charge in [-0.1, -0.05) is 18.9 Å². The number of likely N-dealkylation sites (N-methyl/N-ethyl adjacent to an activating group) is 1. The second-order valence-electron chi connectivity index (χ2n) is 6.56. The molecule has 138 valence electrons. The summed E-state index contributed by atoms with van der Waals surface area (Å²) in [5.41, 5.74) is 0.638. The molecule has 8 heteroatoms. The van der Waals surface area contributed by atoms with Crippen molar-refractivity contribution in [3.8, 4) is 0 Å². The SMILES string of the molecule is CNC(=O)C1(c2ccnc(Nc3cccc(S(C)(=O)=O)c3)n2)CCCC1. The summed E-state index contributed by atoms with van der Waals surface area (Å²) >= 11 is 0. The standard InChI is InChI=1S/C18H22N4O3S/c1-19-16(23)18(9-3-4-10-18)15-8-11-20-17(22-15)21-13-6-5-7-14(12-13)26(2,24)25/h5-8,11-12H,3-4,9-10H2,1-2H3,(H,19,23)(H,20,21,22). The Morgan fingerprint density at radius 1 is 1.19 bits per heavy atom. The van der Waals surface area contributed by atoms with Crippen LogP contribution in [0, 0.1) is 0 Å². The number of anilines is 2. The van der Waals surface area contributed by atoms with Crippen LogP contribution in [0.3, 0.4) is 0 Å². The first kappa shape index (κ1) is 18.3. The Balaban J connectivity index is 1.92. The van der Waals surface area contributed by atoms with Gasteiger partial charge in [-0.2, -0.15) is 0 Å². The van der Waals surface area contributed by atoms with Crippen molar-refractivity contribution < 1.29 is 13.2 Å². The third-order valence-corrected chi connectivity index (χ3v) is 5.89. The van der Waals surface area contributed by atoms with Crippen LogP contribution in [0.2, 0.25) is 0 Å². The maximum Gasteiger partial charge on any atom is 0.232 e. The summed E-state index contributed by atoms with van der Waals surface area (Å²) in [5.74, 6) is 0.307. The van der Waals surface area contributed by atoms with Gasteiger partial charge in [-0.3, -0.25) is 4.79 Å². The molecule has 1 fully saturated rings. The molecular formula is C18H22N4O3S. The molecule has 1 aliphatic rings. The Morgan fingerprint density at radius 2 is 1.92 bits per heavy atom. The van der Waals surface area contributed by atoms with Crippen molar-refractivity contribution in [1.29, 1.82) is 0 Å². The molecule has 1 aromatic heterocycles. The number of carbonyl (C=O) groups excluding carboxylic acids is 1. The summed E-state index contributed by atoms with van der Waals surface area (Å²) in [5, 5.41) is 5.79. The fraction of sp³-hybridized carbons (Fsp3) is 0.389. The first-order chi connectivity index (χ1) is 12.3. The van der Waals surface area contributed by atoms with Gasteiger partial charge < -0.3 is 10.6 Å². The van der Waals surface area contributed by atoms with Crippen LogP contribution in [-0.2, 0) is 20.0 Å². The molecule has 0 bridgehead atoms. The van der Waals surface area contributed by atoms with Crippen molar-refractivity contribution in [3.63, 3.8) is 0 Å². The minimum absolute atomic E-state index is 0.0290. The van der Waals surface area contributed by atoms with Gasteiger partial charge in [-0.15, -0.1) is 0 Å². The summed E-state index contributed by atoms with van der Waals surface area (Å²) < 4.78 is 23.4. The quantitative estimate of drug-likeness (QED) is 0.832. The smallest absolute Gasteiger partial charge is 0.232 e. The maximum atomic E-state index is 12.5. The van der Waals surface area contributed by atoms with Gasteiger partial charge in [0.15, 0.2) is 9.84 Å². The highest BCUT2D eigenvalue weighted by molar-refractivity contribution is 7.90. The van der Waals surface area contributed by atoms with E-state index < -0.39 is 15.3 Å². The number of benzene rings is 1.